The first-order chi connectivity index (χ1) is 6.83. The number of allylic oxidation sites excluding steroid dienone is 1. The van der Waals surface area contributed by atoms with Gasteiger partial charge in [-0.1, -0.05) is 31.7 Å². The van der Waals surface area contributed by atoms with Crippen molar-refractivity contribution in [2.75, 3.05) is 5.75 Å². The molecule has 0 aromatic carbocycles. The molecule has 1 aromatic rings. The zero-order valence-electron chi connectivity index (χ0n) is 8.66. The summed E-state index contributed by atoms with van der Waals surface area (Å²) in [6.07, 6.45) is 7.82. The lowest BCUT2D eigenvalue weighted by molar-refractivity contribution is 1.11. The van der Waals surface area contributed by atoms with Crippen LogP contribution in [-0.2, 0) is 0 Å². The molecular formula is C12H15NS. The summed E-state index contributed by atoms with van der Waals surface area (Å²) in [5, 5.41) is 1.09. The van der Waals surface area contributed by atoms with Gasteiger partial charge in [-0.25, -0.2) is 4.98 Å². The van der Waals surface area contributed by atoms with Gasteiger partial charge in [-0.05, 0) is 24.3 Å². The van der Waals surface area contributed by atoms with Gasteiger partial charge in [-0.3, -0.25) is 0 Å². The number of aromatic nitrogens is 1. The molecule has 0 radical (unpaired) electrons. The lowest BCUT2D eigenvalue weighted by atomic mass is 10.1. The lowest BCUT2D eigenvalue weighted by Gasteiger charge is -2.06. The average molecular weight is 205 g/mol. The molecule has 1 aromatic heterocycles. The summed E-state index contributed by atoms with van der Waals surface area (Å²) in [5.41, 5.74) is 2.32. The lowest BCUT2D eigenvalue weighted by Crippen LogP contribution is -1.89. The molecule has 74 valence electrons. The van der Waals surface area contributed by atoms with E-state index in [9.17, 15) is 0 Å². The van der Waals surface area contributed by atoms with Crippen LogP contribution in [0.4, 0.5) is 0 Å². The molecule has 0 N–H and O–H groups in total. The van der Waals surface area contributed by atoms with Crippen molar-refractivity contribution in [1.29, 1.82) is 0 Å². The summed E-state index contributed by atoms with van der Waals surface area (Å²) in [6, 6.07) is 1.99. The molecule has 0 amide bonds. The molecule has 0 fully saturated rings. The highest BCUT2D eigenvalue weighted by Crippen LogP contribution is 2.24. The van der Waals surface area contributed by atoms with Crippen molar-refractivity contribution in [2.24, 2.45) is 0 Å². The molecule has 0 saturated heterocycles. The van der Waals surface area contributed by atoms with Gasteiger partial charge in [-0.2, -0.15) is 0 Å². The monoisotopic (exact) mass is 205 g/mol. The van der Waals surface area contributed by atoms with Gasteiger partial charge < -0.3 is 0 Å². The molecule has 0 aliphatic carbocycles. The minimum absolute atomic E-state index is 1.04. The van der Waals surface area contributed by atoms with E-state index in [2.05, 4.69) is 24.6 Å². The second-order valence-corrected chi connectivity index (χ2v) is 4.01. The molecule has 1 nitrogen and oxygen atoms in total. The first-order valence-corrected chi connectivity index (χ1v) is 5.69. The minimum Gasteiger partial charge on any atom is -0.249 e. The zero-order chi connectivity index (χ0) is 10.4. The Morgan fingerprint density at radius 1 is 1.57 bits per heavy atom. The molecule has 0 unspecified atom stereocenters. The number of nitrogens with zero attached hydrogens (tertiary/aromatic N) is 1. The van der Waals surface area contributed by atoms with Gasteiger partial charge in [0.05, 0.1) is 0 Å². The van der Waals surface area contributed by atoms with Crippen LogP contribution in [0.1, 0.15) is 25.0 Å². The van der Waals surface area contributed by atoms with Crippen molar-refractivity contribution in [3.63, 3.8) is 0 Å². The minimum atomic E-state index is 1.04. The Balaban J connectivity index is 3.20. The van der Waals surface area contributed by atoms with Crippen molar-refractivity contribution in [1.82, 2.24) is 4.98 Å². The maximum atomic E-state index is 4.36. The third kappa shape index (κ3) is 2.48. The van der Waals surface area contributed by atoms with E-state index >= 15 is 0 Å². The summed E-state index contributed by atoms with van der Waals surface area (Å²) in [7, 11) is 0. The van der Waals surface area contributed by atoms with Crippen LogP contribution in [0.3, 0.4) is 0 Å². The van der Waals surface area contributed by atoms with E-state index in [1.165, 1.54) is 5.56 Å². The van der Waals surface area contributed by atoms with Crippen LogP contribution < -0.4 is 0 Å². The second-order valence-electron chi connectivity index (χ2n) is 2.76. The predicted octanol–water partition coefficient (Wildman–Crippen LogP) is 3.87. The fourth-order valence-electron chi connectivity index (χ4n) is 1.23. The van der Waals surface area contributed by atoms with Crippen LogP contribution in [0.2, 0.25) is 0 Å². The zero-order valence-corrected chi connectivity index (χ0v) is 9.47. The van der Waals surface area contributed by atoms with Crippen LogP contribution in [0.15, 0.2) is 29.9 Å². The molecule has 0 aliphatic heterocycles. The van der Waals surface area contributed by atoms with Crippen molar-refractivity contribution in [2.45, 2.75) is 18.9 Å². The fourth-order valence-corrected chi connectivity index (χ4v) is 1.98. The molecule has 0 bridgehead atoms. The Morgan fingerprint density at radius 2 is 2.36 bits per heavy atom. The van der Waals surface area contributed by atoms with Crippen LogP contribution in [0, 0.1) is 0 Å². The third-order valence-electron chi connectivity index (χ3n) is 1.82. The number of hydrogen-bond acceptors (Lipinski definition) is 2. The normalized spacial score (nSPS) is 10.7. The second kappa shape index (κ2) is 5.66. The van der Waals surface area contributed by atoms with E-state index in [-0.39, 0.29) is 0 Å². The van der Waals surface area contributed by atoms with Gasteiger partial charge in [0.15, 0.2) is 0 Å². The summed E-state index contributed by atoms with van der Waals surface area (Å²) in [4.78, 5) is 4.36. The maximum Gasteiger partial charge on any atom is 0.104 e. The molecule has 2 heteroatoms. The third-order valence-corrected chi connectivity index (χ3v) is 2.71. The van der Waals surface area contributed by atoms with E-state index in [0.29, 0.717) is 0 Å². The Morgan fingerprint density at radius 3 is 2.93 bits per heavy atom. The van der Waals surface area contributed by atoms with E-state index in [1.807, 2.05) is 31.3 Å². The highest BCUT2D eigenvalue weighted by molar-refractivity contribution is 7.99. The molecule has 0 atom stereocenters. The van der Waals surface area contributed by atoms with Crippen molar-refractivity contribution >= 4 is 23.9 Å². The number of thioether (sulfide) groups is 1. The highest BCUT2D eigenvalue weighted by atomic mass is 32.2. The molecule has 1 rings (SSSR count). The Kier molecular flexibility index (Phi) is 4.47. The molecule has 1 heterocycles. The van der Waals surface area contributed by atoms with Gasteiger partial charge in [0.25, 0.3) is 0 Å². The van der Waals surface area contributed by atoms with Gasteiger partial charge >= 0.3 is 0 Å². The average Bonchev–Trinajstić information content (AvgIpc) is 2.21. The summed E-state index contributed by atoms with van der Waals surface area (Å²) in [5.74, 6) is 1.04. The largest absolute Gasteiger partial charge is 0.249 e. The molecule has 14 heavy (non-hydrogen) atoms. The fraction of sp³-hybridized carbons (Fsp3) is 0.250. The van der Waals surface area contributed by atoms with Crippen LogP contribution in [-0.4, -0.2) is 10.7 Å². The number of rotatable bonds is 4. The Hall–Kier alpha value is -1.02. The van der Waals surface area contributed by atoms with Crippen LogP contribution in [0.5, 0.6) is 0 Å². The van der Waals surface area contributed by atoms with E-state index < -0.39 is 0 Å². The van der Waals surface area contributed by atoms with E-state index in [4.69, 9.17) is 0 Å². The van der Waals surface area contributed by atoms with Crippen LogP contribution >= 0.6 is 11.8 Å². The number of pyridine rings is 1. The van der Waals surface area contributed by atoms with Gasteiger partial charge in [0.2, 0.25) is 0 Å². The summed E-state index contributed by atoms with van der Waals surface area (Å²) in [6.45, 7) is 7.95. The standard InChI is InChI=1S/C12H15NS/c1-4-7-11-10(5-2)8-9-13-12(11)14-6-3/h4-5,7-9H,2,6H2,1,3H3/b7-4-. The molecule has 0 spiro atoms. The highest BCUT2D eigenvalue weighted by Gasteiger charge is 2.03. The van der Waals surface area contributed by atoms with Crippen molar-refractivity contribution < 1.29 is 0 Å². The topological polar surface area (TPSA) is 12.9 Å². The van der Waals surface area contributed by atoms with Gasteiger partial charge in [0.1, 0.15) is 5.03 Å². The Labute approximate surface area is 89.9 Å². The Bertz CT molecular complexity index is 342. The molecular weight excluding hydrogens is 190 g/mol. The van der Waals surface area contributed by atoms with Crippen molar-refractivity contribution in [3.8, 4) is 0 Å². The van der Waals surface area contributed by atoms with Crippen LogP contribution in [0.25, 0.3) is 12.2 Å². The van der Waals surface area contributed by atoms with E-state index in [1.54, 1.807) is 11.8 Å². The molecule has 0 saturated carbocycles. The first-order valence-electron chi connectivity index (χ1n) is 4.70. The predicted molar refractivity (Wildman–Crippen MR) is 65.4 cm³/mol. The quantitative estimate of drug-likeness (QED) is 0.692. The summed E-state index contributed by atoms with van der Waals surface area (Å²) >= 11 is 1.76. The van der Waals surface area contributed by atoms with Crippen molar-refractivity contribution in [3.05, 3.63) is 36.0 Å². The van der Waals surface area contributed by atoms with Gasteiger partial charge in [0, 0.05) is 11.8 Å². The summed E-state index contributed by atoms with van der Waals surface area (Å²) < 4.78 is 0. The smallest absolute Gasteiger partial charge is 0.104 e. The maximum absolute atomic E-state index is 4.36. The SMILES string of the molecule is C=Cc1ccnc(SCC)c1/C=C\C. The van der Waals surface area contributed by atoms with E-state index in [0.717, 1.165) is 16.3 Å². The first kappa shape index (κ1) is 11.1. The van der Waals surface area contributed by atoms with Gasteiger partial charge in [-0.15, -0.1) is 11.8 Å². The molecule has 0 aliphatic rings. The number of hydrogen-bond donors (Lipinski definition) is 0.